The molecule has 0 unspecified atom stereocenters. The molecule has 5 heteroatoms. The third-order valence-corrected chi connectivity index (χ3v) is 5.74. The van der Waals surface area contributed by atoms with Gasteiger partial charge in [-0.25, -0.2) is 0 Å². The summed E-state index contributed by atoms with van der Waals surface area (Å²) in [6, 6.07) is 13.6. The Kier molecular flexibility index (Phi) is 3.59. The minimum Gasteiger partial charge on any atom is -0.481 e. The molecule has 4 aromatic rings. The molecule has 2 aromatic heterocycles. The smallest absolute Gasteiger partial charge is 0.309 e. The van der Waals surface area contributed by atoms with Crippen molar-refractivity contribution in [1.82, 2.24) is 9.55 Å². The first kappa shape index (κ1) is 16.7. The number of hydrogen-bond acceptors (Lipinski definition) is 3. The molecule has 0 saturated carbocycles. The molecule has 1 N–H and O–H groups in total. The van der Waals surface area contributed by atoms with Crippen LogP contribution in [0.5, 0.6) is 0 Å². The Morgan fingerprint density at radius 1 is 1.07 bits per heavy atom. The Morgan fingerprint density at radius 2 is 1.79 bits per heavy atom. The number of carbonyl (C=O) groups is 1. The fraction of sp³-hybridized carbons (Fsp3) is 0.174. The maximum absolute atomic E-state index is 12.9. The molecule has 2 heterocycles. The van der Waals surface area contributed by atoms with Crippen LogP contribution in [-0.2, 0) is 31.1 Å². The molecule has 28 heavy (non-hydrogen) atoms. The van der Waals surface area contributed by atoms with Gasteiger partial charge in [-0.15, -0.1) is 0 Å². The molecule has 0 bridgehead atoms. The van der Waals surface area contributed by atoms with Crippen LogP contribution in [0.15, 0.2) is 53.5 Å². The predicted octanol–water partition coefficient (Wildman–Crippen LogP) is 3.48. The molecule has 0 amide bonds. The van der Waals surface area contributed by atoms with Crippen LogP contribution in [-0.4, -0.2) is 20.6 Å². The topological polar surface area (TPSA) is 72.2 Å². The van der Waals surface area contributed by atoms with Gasteiger partial charge >= 0.3 is 5.97 Å². The number of nitrogens with zero attached hydrogens (tertiary/aromatic N) is 2. The van der Waals surface area contributed by atoms with E-state index in [1.807, 2.05) is 30.5 Å². The summed E-state index contributed by atoms with van der Waals surface area (Å²) in [5, 5.41) is 12.0. The van der Waals surface area contributed by atoms with E-state index in [1.54, 1.807) is 13.1 Å². The molecule has 1 aliphatic carbocycles. The molecule has 0 atom stereocenters. The number of aromatic nitrogens is 2. The summed E-state index contributed by atoms with van der Waals surface area (Å²) in [7, 11) is 1.64. The van der Waals surface area contributed by atoms with Crippen molar-refractivity contribution in [2.45, 2.75) is 19.3 Å². The number of aryl methyl sites for hydroxylation is 2. The lowest BCUT2D eigenvalue weighted by Crippen LogP contribution is -2.23. The highest BCUT2D eigenvalue weighted by atomic mass is 16.4. The van der Waals surface area contributed by atoms with E-state index >= 15 is 0 Å². The molecular formula is C23H18N2O3. The van der Waals surface area contributed by atoms with Gasteiger partial charge in [0.25, 0.3) is 5.56 Å². The van der Waals surface area contributed by atoms with E-state index in [2.05, 4.69) is 17.1 Å². The molecule has 0 spiro atoms. The molecule has 0 aliphatic heterocycles. The van der Waals surface area contributed by atoms with Crippen molar-refractivity contribution in [2.75, 3.05) is 0 Å². The van der Waals surface area contributed by atoms with Gasteiger partial charge in [-0.1, -0.05) is 30.3 Å². The molecule has 0 fully saturated rings. The van der Waals surface area contributed by atoms with Gasteiger partial charge in [0.05, 0.1) is 11.9 Å². The zero-order valence-corrected chi connectivity index (χ0v) is 15.4. The largest absolute Gasteiger partial charge is 0.481 e. The highest BCUT2D eigenvalue weighted by Gasteiger charge is 2.23. The van der Waals surface area contributed by atoms with E-state index in [1.165, 1.54) is 21.1 Å². The lowest BCUT2D eigenvalue weighted by Gasteiger charge is -2.18. The first-order valence-corrected chi connectivity index (χ1v) is 9.28. The second kappa shape index (κ2) is 6.02. The van der Waals surface area contributed by atoms with Gasteiger partial charge < -0.3 is 9.67 Å². The number of benzene rings is 2. The van der Waals surface area contributed by atoms with E-state index in [0.29, 0.717) is 11.1 Å². The van der Waals surface area contributed by atoms with Gasteiger partial charge in [-0.3, -0.25) is 14.6 Å². The summed E-state index contributed by atoms with van der Waals surface area (Å²) < 4.78 is 1.47. The molecule has 2 aromatic carbocycles. The number of rotatable bonds is 3. The first-order valence-electron chi connectivity index (χ1n) is 9.28. The van der Waals surface area contributed by atoms with E-state index in [4.69, 9.17) is 0 Å². The van der Waals surface area contributed by atoms with Gasteiger partial charge in [0.1, 0.15) is 0 Å². The molecule has 5 nitrogen and oxygen atoms in total. The number of hydrogen-bond donors (Lipinski definition) is 1. The zero-order chi connectivity index (χ0) is 19.4. The van der Waals surface area contributed by atoms with Crippen LogP contribution in [0.25, 0.3) is 32.8 Å². The summed E-state index contributed by atoms with van der Waals surface area (Å²) >= 11 is 0. The quantitative estimate of drug-likeness (QED) is 0.599. The van der Waals surface area contributed by atoms with Crippen molar-refractivity contribution in [3.8, 4) is 11.1 Å². The highest BCUT2D eigenvalue weighted by molar-refractivity contribution is 6.07. The molecule has 5 rings (SSSR count). The summed E-state index contributed by atoms with van der Waals surface area (Å²) in [5.41, 5.74) is 5.40. The van der Waals surface area contributed by atoms with E-state index < -0.39 is 5.97 Å². The van der Waals surface area contributed by atoms with Crippen molar-refractivity contribution in [3.63, 3.8) is 0 Å². The van der Waals surface area contributed by atoms with Gasteiger partial charge in [0.15, 0.2) is 0 Å². The molecule has 138 valence electrons. The highest BCUT2D eigenvalue weighted by Crippen LogP contribution is 2.39. The Bertz CT molecular complexity index is 1340. The van der Waals surface area contributed by atoms with Crippen molar-refractivity contribution < 1.29 is 9.90 Å². The number of carboxylic acids is 1. The number of aliphatic carboxylic acids is 1. The van der Waals surface area contributed by atoms with E-state index in [0.717, 1.165) is 34.9 Å². The van der Waals surface area contributed by atoms with Crippen molar-refractivity contribution in [3.05, 3.63) is 75.8 Å². The van der Waals surface area contributed by atoms with E-state index in [9.17, 15) is 14.7 Å². The van der Waals surface area contributed by atoms with Gasteiger partial charge in [-0.2, -0.15) is 0 Å². The lowest BCUT2D eigenvalue weighted by atomic mass is 9.92. The van der Waals surface area contributed by atoms with Crippen LogP contribution >= 0.6 is 0 Å². The summed E-state index contributed by atoms with van der Waals surface area (Å²) in [4.78, 5) is 29.1. The Morgan fingerprint density at radius 3 is 2.54 bits per heavy atom. The van der Waals surface area contributed by atoms with Crippen LogP contribution < -0.4 is 5.56 Å². The second-order valence-electron chi connectivity index (χ2n) is 7.27. The molecular weight excluding hydrogens is 352 g/mol. The maximum Gasteiger partial charge on any atom is 0.309 e. The molecule has 0 saturated heterocycles. The average Bonchev–Trinajstić information content (AvgIpc) is 3.12. The Balaban J connectivity index is 1.98. The summed E-state index contributed by atoms with van der Waals surface area (Å²) in [5.74, 6) is -0.967. The first-order chi connectivity index (χ1) is 13.6. The summed E-state index contributed by atoms with van der Waals surface area (Å²) in [6.07, 6.45) is 3.58. The van der Waals surface area contributed by atoms with Crippen LogP contribution in [0, 0.1) is 0 Å². The van der Waals surface area contributed by atoms with Crippen LogP contribution in [0.1, 0.15) is 16.8 Å². The summed E-state index contributed by atoms with van der Waals surface area (Å²) in [6.45, 7) is 0. The standard InChI is InChI=1S/C23H18N2O3/c1-25-18(12-19(26)27)21(15-4-2-3-5-16(15)23(25)28)17-9-8-13-6-7-14-10-11-24-22(17)20(13)14/h2-5,8-11H,6-7,12H2,1H3,(H,26,27). The molecule has 1 aliphatic rings. The van der Waals surface area contributed by atoms with Crippen molar-refractivity contribution in [1.29, 1.82) is 0 Å². The third kappa shape index (κ3) is 2.29. The monoisotopic (exact) mass is 370 g/mol. The maximum atomic E-state index is 12.9. The average molecular weight is 370 g/mol. The van der Waals surface area contributed by atoms with Gasteiger partial charge in [0, 0.05) is 40.8 Å². The number of pyridine rings is 2. The number of fused-ring (bicyclic) bond motifs is 1. The van der Waals surface area contributed by atoms with Gasteiger partial charge in [-0.05, 0) is 41.5 Å². The second-order valence-corrected chi connectivity index (χ2v) is 7.27. The zero-order valence-electron chi connectivity index (χ0n) is 15.4. The van der Waals surface area contributed by atoms with Crippen LogP contribution in [0.2, 0.25) is 0 Å². The third-order valence-electron chi connectivity index (χ3n) is 5.74. The predicted molar refractivity (Wildman–Crippen MR) is 109 cm³/mol. The number of carboxylic acid groups (broad SMARTS) is 1. The lowest BCUT2D eigenvalue weighted by molar-refractivity contribution is -0.136. The van der Waals surface area contributed by atoms with Crippen LogP contribution in [0.3, 0.4) is 0 Å². The Hall–Kier alpha value is -3.47. The molecule has 0 radical (unpaired) electrons. The minimum absolute atomic E-state index is 0.186. The van der Waals surface area contributed by atoms with Gasteiger partial charge in [0.2, 0.25) is 0 Å². The van der Waals surface area contributed by atoms with Crippen LogP contribution in [0.4, 0.5) is 0 Å². The van der Waals surface area contributed by atoms with Crippen molar-refractivity contribution >= 4 is 27.6 Å². The SMILES string of the molecule is Cn1c(CC(=O)O)c(-c2ccc3c4c(ccnc24)CC3)c2ccccc2c1=O. The minimum atomic E-state index is -0.967. The normalized spacial score (nSPS) is 12.8. The fourth-order valence-electron chi connectivity index (χ4n) is 4.46. The fourth-order valence-corrected chi connectivity index (χ4v) is 4.46. The van der Waals surface area contributed by atoms with Crippen molar-refractivity contribution in [2.24, 2.45) is 7.05 Å². The van der Waals surface area contributed by atoms with E-state index in [-0.39, 0.29) is 12.0 Å². The Labute approximate surface area is 160 Å².